The molecule has 3 N–H and O–H groups in total. The molecule has 0 aliphatic heterocycles. The molecule has 112 valence electrons. The number of nitrogens with zero attached hydrogens (tertiary/aromatic N) is 1. The third-order valence-electron chi connectivity index (χ3n) is 5.46. The molecule has 2 aliphatic carbocycles. The van der Waals surface area contributed by atoms with Gasteiger partial charge >= 0.3 is 0 Å². The summed E-state index contributed by atoms with van der Waals surface area (Å²) in [7, 11) is 0. The topological polar surface area (TPSA) is 78.9 Å². The lowest BCUT2D eigenvalue weighted by Gasteiger charge is -2.49. The van der Waals surface area contributed by atoms with Gasteiger partial charge in [-0.05, 0) is 49.9 Å². The van der Waals surface area contributed by atoms with E-state index in [2.05, 4.69) is 25.2 Å². The molecule has 0 spiro atoms. The number of rotatable bonds is 6. The van der Waals surface area contributed by atoms with Crippen molar-refractivity contribution in [1.82, 2.24) is 5.32 Å². The van der Waals surface area contributed by atoms with Crippen LogP contribution in [0.15, 0.2) is 0 Å². The summed E-state index contributed by atoms with van der Waals surface area (Å²) in [4.78, 5) is 12.3. The summed E-state index contributed by atoms with van der Waals surface area (Å²) in [6, 6.07) is 2.11. The monoisotopic (exact) mass is 277 g/mol. The van der Waals surface area contributed by atoms with Crippen molar-refractivity contribution in [2.24, 2.45) is 28.9 Å². The summed E-state index contributed by atoms with van der Waals surface area (Å²) < 4.78 is 0. The molecule has 4 atom stereocenters. The Hall–Kier alpha value is -1.08. The lowest BCUT2D eigenvalue weighted by Crippen LogP contribution is -2.58. The van der Waals surface area contributed by atoms with Gasteiger partial charge in [-0.3, -0.25) is 4.79 Å². The van der Waals surface area contributed by atoms with E-state index in [9.17, 15) is 4.79 Å². The van der Waals surface area contributed by atoms with Crippen LogP contribution in [0.25, 0.3) is 0 Å². The van der Waals surface area contributed by atoms with Crippen LogP contribution in [0.2, 0.25) is 0 Å². The minimum atomic E-state index is -0.383. The standard InChI is InChI=1S/C16H27N3O/c1-10(2)16(5-4-6-16)14(18)15(20)19-13-8-12(13)7-11(3)9-17/h10-14H,4-8,18H2,1-3H3,(H,19,20)/t11-,12+,13-,14+/m0/s1. The SMILES string of the molecule is CC(C)C1([C@H](N)C(=O)N[C@H]2C[C@H]2C[C@H](C)C#N)CCC1. The zero-order valence-electron chi connectivity index (χ0n) is 12.9. The van der Waals surface area contributed by atoms with Crippen LogP contribution in [0.5, 0.6) is 0 Å². The Morgan fingerprint density at radius 1 is 1.45 bits per heavy atom. The maximum Gasteiger partial charge on any atom is 0.237 e. The first-order chi connectivity index (χ1) is 9.40. The highest BCUT2D eigenvalue weighted by atomic mass is 16.2. The van der Waals surface area contributed by atoms with Crippen LogP contribution in [-0.2, 0) is 4.79 Å². The highest BCUT2D eigenvalue weighted by Crippen LogP contribution is 2.49. The molecular weight excluding hydrogens is 250 g/mol. The van der Waals surface area contributed by atoms with Crippen molar-refractivity contribution in [2.75, 3.05) is 0 Å². The van der Waals surface area contributed by atoms with Crippen molar-refractivity contribution >= 4 is 5.91 Å². The highest BCUT2D eigenvalue weighted by molar-refractivity contribution is 5.83. The van der Waals surface area contributed by atoms with E-state index < -0.39 is 0 Å². The Balaban J connectivity index is 1.83. The minimum absolute atomic E-state index is 0.00835. The molecule has 0 aromatic rings. The lowest BCUT2D eigenvalue weighted by atomic mass is 9.58. The van der Waals surface area contributed by atoms with E-state index in [4.69, 9.17) is 11.0 Å². The third kappa shape index (κ3) is 2.83. The molecular formula is C16H27N3O. The third-order valence-corrected chi connectivity index (χ3v) is 5.46. The number of nitriles is 1. The van der Waals surface area contributed by atoms with Crippen LogP contribution in [-0.4, -0.2) is 18.0 Å². The lowest BCUT2D eigenvalue weighted by molar-refractivity contribution is -0.129. The smallest absolute Gasteiger partial charge is 0.237 e. The first kappa shape index (κ1) is 15.3. The molecule has 0 heterocycles. The Kier molecular flexibility index (Phi) is 4.39. The minimum Gasteiger partial charge on any atom is -0.352 e. The first-order valence-corrected chi connectivity index (χ1v) is 7.86. The van der Waals surface area contributed by atoms with Crippen molar-refractivity contribution < 1.29 is 4.79 Å². The average molecular weight is 277 g/mol. The zero-order valence-corrected chi connectivity index (χ0v) is 12.9. The van der Waals surface area contributed by atoms with Gasteiger partial charge in [0.15, 0.2) is 0 Å². The van der Waals surface area contributed by atoms with Crippen LogP contribution in [0.3, 0.4) is 0 Å². The normalized spacial score (nSPS) is 30.0. The van der Waals surface area contributed by atoms with Gasteiger partial charge in [0, 0.05) is 12.0 Å². The molecule has 2 rings (SSSR count). The Labute approximate surface area is 122 Å². The first-order valence-electron chi connectivity index (χ1n) is 7.86. The fourth-order valence-electron chi connectivity index (χ4n) is 3.56. The van der Waals surface area contributed by atoms with Crippen LogP contribution in [0, 0.1) is 34.5 Å². The van der Waals surface area contributed by atoms with Crippen LogP contribution < -0.4 is 11.1 Å². The van der Waals surface area contributed by atoms with Crippen molar-refractivity contribution in [3.63, 3.8) is 0 Å². The number of nitrogens with one attached hydrogen (secondary N) is 1. The zero-order chi connectivity index (χ0) is 14.9. The fraction of sp³-hybridized carbons (Fsp3) is 0.875. The number of amides is 1. The Morgan fingerprint density at radius 3 is 2.55 bits per heavy atom. The molecule has 0 saturated heterocycles. The van der Waals surface area contributed by atoms with Crippen LogP contribution in [0.4, 0.5) is 0 Å². The average Bonchev–Trinajstić information content (AvgIpc) is 3.04. The van der Waals surface area contributed by atoms with Crippen LogP contribution >= 0.6 is 0 Å². The van der Waals surface area contributed by atoms with E-state index >= 15 is 0 Å². The maximum atomic E-state index is 12.3. The quantitative estimate of drug-likeness (QED) is 0.781. The summed E-state index contributed by atoms with van der Waals surface area (Å²) in [6.45, 7) is 6.27. The van der Waals surface area contributed by atoms with Gasteiger partial charge in [0.05, 0.1) is 12.1 Å². The van der Waals surface area contributed by atoms with Gasteiger partial charge in [0.25, 0.3) is 0 Å². The van der Waals surface area contributed by atoms with Crippen molar-refractivity contribution in [3.8, 4) is 6.07 Å². The van der Waals surface area contributed by atoms with Crippen molar-refractivity contribution in [3.05, 3.63) is 0 Å². The van der Waals surface area contributed by atoms with E-state index in [1.807, 2.05) is 6.92 Å². The van der Waals surface area contributed by atoms with E-state index in [0.717, 1.165) is 25.7 Å². The largest absolute Gasteiger partial charge is 0.352 e. The summed E-state index contributed by atoms with van der Waals surface area (Å²) in [5.41, 5.74) is 6.25. The van der Waals surface area contributed by atoms with Gasteiger partial charge in [-0.1, -0.05) is 20.3 Å². The Bertz CT molecular complexity index is 408. The van der Waals surface area contributed by atoms with Crippen molar-refractivity contribution in [2.45, 2.75) is 65.0 Å². The Morgan fingerprint density at radius 2 is 2.10 bits per heavy atom. The van der Waals surface area contributed by atoms with E-state index in [-0.39, 0.29) is 29.3 Å². The molecule has 0 bridgehead atoms. The van der Waals surface area contributed by atoms with E-state index in [0.29, 0.717) is 11.8 Å². The van der Waals surface area contributed by atoms with Gasteiger partial charge in [-0.25, -0.2) is 0 Å². The number of nitrogens with two attached hydrogens (primary N) is 1. The molecule has 0 unspecified atom stereocenters. The van der Waals surface area contributed by atoms with Gasteiger partial charge in [-0.15, -0.1) is 0 Å². The summed E-state index contributed by atoms with van der Waals surface area (Å²) in [5, 5.41) is 11.9. The van der Waals surface area contributed by atoms with Gasteiger partial charge < -0.3 is 11.1 Å². The molecule has 2 fully saturated rings. The molecule has 20 heavy (non-hydrogen) atoms. The van der Waals surface area contributed by atoms with E-state index in [1.165, 1.54) is 6.42 Å². The van der Waals surface area contributed by atoms with Gasteiger partial charge in [0.2, 0.25) is 5.91 Å². The number of carbonyl (C=O) groups is 1. The molecule has 2 saturated carbocycles. The van der Waals surface area contributed by atoms with Crippen LogP contribution in [0.1, 0.15) is 52.9 Å². The van der Waals surface area contributed by atoms with E-state index in [1.54, 1.807) is 0 Å². The molecule has 2 aliphatic rings. The predicted molar refractivity (Wildman–Crippen MR) is 78.5 cm³/mol. The van der Waals surface area contributed by atoms with Gasteiger partial charge in [0.1, 0.15) is 0 Å². The molecule has 0 aromatic heterocycles. The summed E-state index contributed by atoms with van der Waals surface area (Å²) in [6.07, 6.45) is 5.20. The second kappa shape index (κ2) is 5.73. The van der Waals surface area contributed by atoms with Crippen molar-refractivity contribution in [1.29, 1.82) is 5.26 Å². The summed E-state index contributed by atoms with van der Waals surface area (Å²) >= 11 is 0. The molecule has 1 amide bonds. The molecule has 0 radical (unpaired) electrons. The second-order valence-corrected chi connectivity index (χ2v) is 7.10. The van der Waals surface area contributed by atoms with Gasteiger partial charge in [-0.2, -0.15) is 5.26 Å². The molecule has 0 aromatic carbocycles. The highest BCUT2D eigenvalue weighted by Gasteiger charge is 2.49. The summed E-state index contributed by atoms with van der Waals surface area (Å²) in [5.74, 6) is 1.00. The number of carbonyl (C=O) groups excluding carboxylic acids is 1. The predicted octanol–water partition coefficient (Wildman–Crippen LogP) is 2.19. The maximum absolute atomic E-state index is 12.3. The fourth-order valence-corrected chi connectivity index (χ4v) is 3.56. The number of hydrogen-bond donors (Lipinski definition) is 2. The molecule has 4 heteroatoms. The second-order valence-electron chi connectivity index (χ2n) is 7.10. The molecule has 4 nitrogen and oxygen atoms in total. The number of hydrogen-bond acceptors (Lipinski definition) is 3.